The molecular formula is C22H38. The van der Waals surface area contributed by atoms with Crippen LogP contribution in [0.2, 0.25) is 0 Å². The summed E-state index contributed by atoms with van der Waals surface area (Å²) in [6, 6.07) is 0. The zero-order valence-corrected chi connectivity index (χ0v) is 16.0. The Morgan fingerprint density at radius 1 is 1.09 bits per heavy atom. The van der Waals surface area contributed by atoms with Gasteiger partial charge in [-0.3, -0.25) is 0 Å². The molecular weight excluding hydrogens is 264 g/mol. The minimum absolute atomic E-state index is 0.847. The van der Waals surface area contributed by atoms with Crippen molar-refractivity contribution in [3.63, 3.8) is 0 Å². The van der Waals surface area contributed by atoms with E-state index in [-0.39, 0.29) is 0 Å². The molecule has 0 saturated heterocycles. The van der Waals surface area contributed by atoms with Crippen LogP contribution >= 0.6 is 0 Å². The lowest BCUT2D eigenvalue weighted by atomic mass is 9.83. The molecule has 0 nitrogen and oxygen atoms in total. The lowest BCUT2D eigenvalue weighted by Gasteiger charge is -2.22. The summed E-state index contributed by atoms with van der Waals surface area (Å²) in [6.07, 6.45) is 12.1. The molecule has 0 bridgehead atoms. The van der Waals surface area contributed by atoms with Crippen molar-refractivity contribution in [1.29, 1.82) is 0 Å². The third kappa shape index (κ3) is 7.82. The van der Waals surface area contributed by atoms with Crippen LogP contribution in [0.25, 0.3) is 0 Å². The first-order valence-electron chi connectivity index (χ1n) is 9.05. The van der Waals surface area contributed by atoms with E-state index in [9.17, 15) is 0 Å². The molecule has 0 heteroatoms. The molecule has 0 radical (unpaired) electrons. The molecule has 0 N–H and O–H groups in total. The molecule has 2 unspecified atom stereocenters. The van der Waals surface area contributed by atoms with E-state index < -0.39 is 0 Å². The Morgan fingerprint density at radius 3 is 2.18 bits per heavy atom. The summed E-state index contributed by atoms with van der Waals surface area (Å²) in [7, 11) is 0. The maximum Gasteiger partial charge on any atom is -0.0270 e. The number of hydrogen-bond acceptors (Lipinski definition) is 0. The van der Waals surface area contributed by atoms with E-state index in [0.717, 1.165) is 23.8 Å². The molecule has 2 atom stereocenters. The highest BCUT2D eigenvalue weighted by Gasteiger charge is 2.14. The standard InChI is InChI=1S/C22H38/c1-9-13-22(18(6)10-2)15-12-14-19(7)21(11-3)16-20(8)17(4)5/h11,16,18,22H,4,7,9-10,12-15H2,1-3,5-6,8H3/b20-16-,21-11+. The molecule has 0 aromatic rings. The highest BCUT2D eigenvalue weighted by molar-refractivity contribution is 5.43. The Morgan fingerprint density at radius 2 is 1.73 bits per heavy atom. The lowest BCUT2D eigenvalue weighted by molar-refractivity contribution is 0.299. The predicted molar refractivity (Wildman–Crippen MR) is 103 cm³/mol. The summed E-state index contributed by atoms with van der Waals surface area (Å²) in [5.41, 5.74) is 4.92. The molecule has 0 fully saturated rings. The zero-order chi connectivity index (χ0) is 17.1. The van der Waals surface area contributed by atoms with Crippen molar-refractivity contribution in [3.8, 4) is 0 Å². The summed E-state index contributed by atoms with van der Waals surface area (Å²) in [4.78, 5) is 0. The molecule has 0 rings (SSSR count). The van der Waals surface area contributed by atoms with E-state index in [1.54, 1.807) is 0 Å². The number of hydrogen-bond donors (Lipinski definition) is 0. The smallest absolute Gasteiger partial charge is 0.0270 e. The van der Waals surface area contributed by atoms with E-state index in [1.165, 1.54) is 48.8 Å². The van der Waals surface area contributed by atoms with Crippen LogP contribution in [0, 0.1) is 11.8 Å². The molecule has 0 aliphatic rings. The molecule has 0 aliphatic carbocycles. The molecule has 0 heterocycles. The Kier molecular flexibility index (Phi) is 11.0. The number of allylic oxidation sites excluding steroid dienone is 6. The topological polar surface area (TPSA) is 0 Å². The first-order chi connectivity index (χ1) is 10.4. The molecule has 0 aliphatic heterocycles. The Balaban J connectivity index is 4.53. The first-order valence-corrected chi connectivity index (χ1v) is 9.05. The van der Waals surface area contributed by atoms with Crippen molar-refractivity contribution in [2.75, 3.05) is 0 Å². The van der Waals surface area contributed by atoms with Crippen LogP contribution in [0.5, 0.6) is 0 Å². The van der Waals surface area contributed by atoms with Gasteiger partial charge in [-0.05, 0) is 68.6 Å². The number of rotatable bonds is 11. The fraction of sp³-hybridized carbons (Fsp3) is 0.636. The first kappa shape index (κ1) is 21.0. The van der Waals surface area contributed by atoms with Gasteiger partial charge < -0.3 is 0 Å². The van der Waals surface area contributed by atoms with Crippen LogP contribution in [0.4, 0.5) is 0 Å². The molecule has 0 saturated carbocycles. The van der Waals surface area contributed by atoms with Gasteiger partial charge in [0.25, 0.3) is 0 Å². The van der Waals surface area contributed by atoms with Crippen LogP contribution < -0.4 is 0 Å². The zero-order valence-electron chi connectivity index (χ0n) is 16.0. The van der Waals surface area contributed by atoms with E-state index in [2.05, 4.69) is 66.9 Å². The monoisotopic (exact) mass is 302 g/mol. The van der Waals surface area contributed by atoms with Crippen molar-refractivity contribution in [2.45, 2.75) is 80.1 Å². The van der Waals surface area contributed by atoms with Gasteiger partial charge in [0, 0.05) is 0 Å². The Bertz CT molecular complexity index is 406. The van der Waals surface area contributed by atoms with Crippen molar-refractivity contribution in [1.82, 2.24) is 0 Å². The summed E-state index contributed by atoms with van der Waals surface area (Å²) < 4.78 is 0. The SMILES string of the molecule is C=C(C)/C(C)=C\C(=C/C)C(=C)CCCC(CCC)C(C)CC. The third-order valence-electron chi connectivity index (χ3n) is 4.93. The molecule has 22 heavy (non-hydrogen) atoms. The van der Waals surface area contributed by atoms with Crippen molar-refractivity contribution < 1.29 is 0 Å². The lowest BCUT2D eigenvalue weighted by Crippen LogP contribution is -2.11. The van der Waals surface area contributed by atoms with Gasteiger partial charge in [0.1, 0.15) is 0 Å². The minimum Gasteiger partial charge on any atom is -0.0958 e. The highest BCUT2D eigenvalue weighted by atomic mass is 14.2. The molecule has 0 aromatic heterocycles. The summed E-state index contributed by atoms with van der Waals surface area (Å²) in [5, 5.41) is 0. The molecule has 126 valence electrons. The summed E-state index contributed by atoms with van der Waals surface area (Å²) >= 11 is 0. The maximum absolute atomic E-state index is 4.30. The van der Waals surface area contributed by atoms with Gasteiger partial charge in [-0.2, -0.15) is 0 Å². The van der Waals surface area contributed by atoms with Gasteiger partial charge in [-0.25, -0.2) is 0 Å². The predicted octanol–water partition coefficient (Wildman–Crippen LogP) is 7.64. The highest BCUT2D eigenvalue weighted by Crippen LogP contribution is 2.28. The van der Waals surface area contributed by atoms with Crippen LogP contribution in [0.15, 0.2) is 47.6 Å². The van der Waals surface area contributed by atoms with E-state index in [4.69, 9.17) is 0 Å². The maximum atomic E-state index is 4.30. The van der Waals surface area contributed by atoms with Crippen molar-refractivity contribution in [3.05, 3.63) is 47.6 Å². The Labute approximate surface area is 140 Å². The van der Waals surface area contributed by atoms with E-state index in [0.29, 0.717) is 0 Å². The summed E-state index contributed by atoms with van der Waals surface area (Å²) in [6.45, 7) is 21.6. The van der Waals surface area contributed by atoms with Gasteiger partial charge in [0.15, 0.2) is 0 Å². The fourth-order valence-electron chi connectivity index (χ4n) is 2.89. The second-order valence-electron chi connectivity index (χ2n) is 6.78. The second-order valence-corrected chi connectivity index (χ2v) is 6.78. The van der Waals surface area contributed by atoms with Gasteiger partial charge in [-0.15, -0.1) is 0 Å². The van der Waals surface area contributed by atoms with Crippen LogP contribution in [0.3, 0.4) is 0 Å². The van der Waals surface area contributed by atoms with Crippen molar-refractivity contribution in [2.24, 2.45) is 11.8 Å². The Hall–Kier alpha value is -1.04. The van der Waals surface area contributed by atoms with Crippen LogP contribution in [0.1, 0.15) is 80.1 Å². The van der Waals surface area contributed by atoms with Gasteiger partial charge in [0.2, 0.25) is 0 Å². The van der Waals surface area contributed by atoms with E-state index in [1.807, 2.05) is 0 Å². The normalized spacial score (nSPS) is 15.5. The molecule has 0 amide bonds. The third-order valence-corrected chi connectivity index (χ3v) is 4.93. The average molecular weight is 303 g/mol. The fourth-order valence-corrected chi connectivity index (χ4v) is 2.89. The van der Waals surface area contributed by atoms with Gasteiger partial charge in [-0.1, -0.05) is 70.9 Å². The quantitative estimate of drug-likeness (QED) is 0.344. The summed E-state index contributed by atoms with van der Waals surface area (Å²) in [5.74, 6) is 1.73. The van der Waals surface area contributed by atoms with E-state index >= 15 is 0 Å². The van der Waals surface area contributed by atoms with Crippen molar-refractivity contribution >= 4 is 0 Å². The van der Waals surface area contributed by atoms with Crippen LogP contribution in [-0.4, -0.2) is 0 Å². The minimum atomic E-state index is 0.847. The van der Waals surface area contributed by atoms with Gasteiger partial charge >= 0.3 is 0 Å². The average Bonchev–Trinajstić information content (AvgIpc) is 2.50. The second kappa shape index (κ2) is 11.5. The van der Waals surface area contributed by atoms with Crippen LogP contribution in [-0.2, 0) is 0 Å². The molecule has 0 aromatic carbocycles. The largest absolute Gasteiger partial charge is 0.0958 e. The van der Waals surface area contributed by atoms with Gasteiger partial charge in [0.05, 0.1) is 0 Å². The molecule has 0 spiro atoms.